The second-order valence-corrected chi connectivity index (χ2v) is 6.59. The van der Waals surface area contributed by atoms with Gasteiger partial charge in [0, 0.05) is 29.3 Å². The molecule has 4 nitrogen and oxygen atoms in total. The van der Waals surface area contributed by atoms with Crippen LogP contribution in [0.3, 0.4) is 0 Å². The van der Waals surface area contributed by atoms with Crippen LogP contribution in [0.25, 0.3) is 0 Å². The van der Waals surface area contributed by atoms with Crippen molar-refractivity contribution < 1.29 is 4.79 Å². The average molecular weight is 354 g/mol. The molecule has 21 heavy (non-hydrogen) atoms. The van der Waals surface area contributed by atoms with E-state index in [1.165, 1.54) is 19.4 Å². The molecule has 1 fully saturated rings. The number of nitrogen functional groups attached to an aromatic ring is 1. The SMILES string of the molecule is CCCCN1CCC(NC(=O)c2ccc(Br)cc2N)CC1. The second kappa shape index (κ2) is 7.80. The number of anilines is 1. The number of carbonyl (C=O) groups is 1. The maximum absolute atomic E-state index is 12.3. The minimum absolute atomic E-state index is 0.0630. The van der Waals surface area contributed by atoms with Crippen LogP contribution in [0.4, 0.5) is 5.69 Å². The lowest BCUT2D eigenvalue weighted by molar-refractivity contribution is 0.0911. The highest BCUT2D eigenvalue weighted by Gasteiger charge is 2.21. The predicted octanol–water partition coefficient (Wildman–Crippen LogP) is 3.03. The number of benzene rings is 1. The van der Waals surface area contributed by atoms with Gasteiger partial charge in [0.05, 0.1) is 5.56 Å². The van der Waals surface area contributed by atoms with E-state index in [1.807, 2.05) is 6.07 Å². The molecule has 0 unspecified atom stereocenters. The normalized spacial score (nSPS) is 16.9. The van der Waals surface area contributed by atoms with Gasteiger partial charge in [0.15, 0.2) is 0 Å². The number of halogens is 1. The van der Waals surface area contributed by atoms with Crippen molar-refractivity contribution in [2.75, 3.05) is 25.4 Å². The molecule has 3 N–H and O–H groups in total. The Kier molecular flexibility index (Phi) is 6.06. The minimum Gasteiger partial charge on any atom is -0.398 e. The summed E-state index contributed by atoms with van der Waals surface area (Å²) in [5, 5.41) is 3.11. The minimum atomic E-state index is -0.0630. The van der Waals surface area contributed by atoms with Gasteiger partial charge in [0.2, 0.25) is 0 Å². The smallest absolute Gasteiger partial charge is 0.253 e. The standard InChI is InChI=1S/C16H24BrN3O/c1-2-3-8-20-9-6-13(7-10-20)19-16(21)14-5-4-12(17)11-15(14)18/h4-5,11,13H,2-3,6-10,18H2,1H3,(H,19,21). The third-order valence-corrected chi connectivity index (χ3v) is 4.50. The van der Waals surface area contributed by atoms with Gasteiger partial charge in [-0.3, -0.25) is 4.79 Å². The van der Waals surface area contributed by atoms with Crippen LogP contribution < -0.4 is 11.1 Å². The zero-order valence-electron chi connectivity index (χ0n) is 12.6. The number of rotatable bonds is 5. The van der Waals surface area contributed by atoms with Crippen LogP contribution in [0.15, 0.2) is 22.7 Å². The summed E-state index contributed by atoms with van der Waals surface area (Å²) in [6.45, 7) is 5.54. The summed E-state index contributed by atoms with van der Waals surface area (Å²) in [7, 11) is 0. The first-order valence-electron chi connectivity index (χ1n) is 7.68. The Labute approximate surface area is 135 Å². The van der Waals surface area contributed by atoms with Crippen molar-refractivity contribution >= 4 is 27.5 Å². The summed E-state index contributed by atoms with van der Waals surface area (Å²) >= 11 is 3.35. The Morgan fingerprint density at radius 2 is 2.14 bits per heavy atom. The van der Waals surface area contributed by atoms with Gasteiger partial charge in [0.25, 0.3) is 5.91 Å². The quantitative estimate of drug-likeness (QED) is 0.799. The number of nitrogens with zero attached hydrogens (tertiary/aromatic N) is 1. The van der Waals surface area contributed by atoms with E-state index in [4.69, 9.17) is 5.73 Å². The predicted molar refractivity (Wildman–Crippen MR) is 90.4 cm³/mol. The largest absolute Gasteiger partial charge is 0.398 e. The fraction of sp³-hybridized carbons (Fsp3) is 0.562. The van der Waals surface area contributed by atoms with Gasteiger partial charge < -0.3 is 16.0 Å². The molecule has 1 heterocycles. The lowest BCUT2D eigenvalue weighted by Gasteiger charge is -2.32. The average Bonchev–Trinajstić information content (AvgIpc) is 2.46. The lowest BCUT2D eigenvalue weighted by Crippen LogP contribution is -2.44. The number of amides is 1. The van der Waals surface area contributed by atoms with Crippen molar-refractivity contribution in [2.45, 2.75) is 38.6 Å². The third kappa shape index (κ3) is 4.71. The molecule has 1 saturated heterocycles. The molecule has 5 heteroatoms. The van der Waals surface area contributed by atoms with Crippen LogP contribution in [0.1, 0.15) is 43.0 Å². The van der Waals surface area contributed by atoms with E-state index in [0.29, 0.717) is 11.3 Å². The number of nitrogens with one attached hydrogen (secondary N) is 1. The number of unbranched alkanes of at least 4 members (excludes halogenated alkanes) is 1. The van der Waals surface area contributed by atoms with Crippen molar-refractivity contribution in [1.29, 1.82) is 0 Å². The van der Waals surface area contributed by atoms with E-state index < -0.39 is 0 Å². The summed E-state index contributed by atoms with van der Waals surface area (Å²) in [6, 6.07) is 5.64. The monoisotopic (exact) mass is 353 g/mol. The van der Waals surface area contributed by atoms with Gasteiger partial charge in [0.1, 0.15) is 0 Å². The molecule has 1 aliphatic rings. The molecule has 1 amide bonds. The second-order valence-electron chi connectivity index (χ2n) is 5.67. The summed E-state index contributed by atoms with van der Waals surface area (Å²) in [6.07, 6.45) is 4.53. The van der Waals surface area contributed by atoms with Gasteiger partial charge in [-0.05, 0) is 44.0 Å². The molecule has 1 aromatic carbocycles. The first-order valence-corrected chi connectivity index (χ1v) is 8.47. The summed E-state index contributed by atoms with van der Waals surface area (Å²) in [5.41, 5.74) is 6.98. The van der Waals surface area contributed by atoms with Crippen LogP contribution in [-0.4, -0.2) is 36.5 Å². The molecule has 1 aliphatic heterocycles. The van der Waals surface area contributed by atoms with E-state index in [0.717, 1.165) is 30.4 Å². The topological polar surface area (TPSA) is 58.4 Å². The number of likely N-dealkylation sites (tertiary alicyclic amines) is 1. The van der Waals surface area contributed by atoms with Gasteiger partial charge in [-0.2, -0.15) is 0 Å². The van der Waals surface area contributed by atoms with Crippen molar-refractivity contribution in [1.82, 2.24) is 10.2 Å². The molecule has 1 aromatic rings. The molecule has 0 atom stereocenters. The number of nitrogens with two attached hydrogens (primary N) is 1. The van der Waals surface area contributed by atoms with E-state index in [1.54, 1.807) is 12.1 Å². The molecule has 2 rings (SSSR count). The maximum atomic E-state index is 12.3. The molecule has 0 radical (unpaired) electrons. The highest BCUT2D eigenvalue weighted by Crippen LogP contribution is 2.19. The molecule has 0 saturated carbocycles. The molecular weight excluding hydrogens is 330 g/mol. The summed E-state index contributed by atoms with van der Waals surface area (Å²) < 4.78 is 0.890. The van der Waals surface area contributed by atoms with Gasteiger partial charge >= 0.3 is 0 Å². The number of piperidine rings is 1. The van der Waals surface area contributed by atoms with Crippen LogP contribution in [0, 0.1) is 0 Å². The van der Waals surface area contributed by atoms with Gasteiger partial charge in [-0.1, -0.05) is 29.3 Å². The Hall–Kier alpha value is -1.07. The Balaban J connectivity index is 1.84. The third-order valence-electron chi connectivity index (χ3n) is 4.01. The van der Waals surface area contributed by atoms with E-state index in [9.17, 15) is 4.79 Å². The van der Waals surface area contributed by atoms with Crippen LogP contribution in [-0.2, 0) is 0 Å². The maximum Gasteiger partial charge on any atom is 0.253 e. The molecular formula is C16H24BrN3O. The van der Waals surface area contributed by atoms with Crippen LogP contribution >= 0.6 is 15.9 Å². The molecule has 0 bridgehead atoms. The Morgan fingerprint density at radius 3 is 2.76 bits per heavy atom. The van der Waals surface area contributed by atoms with E-state index in [-0.39, 0.29) is 11.9 Å². The highest BCUT2D eigenvalue weighted by atomic mass is 79.9. The van der Waals surface area contributed by atoms with Crippen LogP contribution in [0.5, 0.6) is 0 Å². The van der Waals surface area contributed by atoms with Crippen molar-refractivity contribution in [3.63, 3.8) is 0 Å². The Bertz CT molecular complexity index is 484. The van der Waals surface area contributed by atoms with Crippen molar-refractivity contribution in [3.8, 4) is 0 Å². The Morgan fingerprint density at radius 1 is 1.43 bits per heavy atom. The van der Waals surface area contributed by atoms with Crippen molar-refractivity contribution in [2.24, 2.45) is 0 Å². The summed E-state index contributed by atoms with van der Waals surface area (Å²) in [4.78, 5) is 14.8. The molecule has 0 aliphatic carbocycles. The fourth-order valence-corrected chi connectivity index (χ4v) is 3.06. The van der Waals surface area contributed by atoms with E-state index in [2.05, 4.69) is 33.1 Å². The number of hydrogen-bond acceptors (Lipinski definition) is 3. The lowest BCUT2D eigenvalue weighted by atomic mass is 10.0. The van der Waals surface area contributed by atoms with Gasteiger partial charge in [-0.25, -0.2) is 0 Å². The fourth-order valence-electron chi connectivity index (χ4n) is 2.69. The van der Waals surface area contributed by atoms with Crippen LogP contribution in [0.2, 0.25) is 0 Å². The molecule has 116 valence electrons. The van der Waals surface area contributed by atoms with Crippen molar-refractivity contribution in [3.05, 3.63) is 28.2 Å². The first-order chi connectivity index (χ1) is 10.1. The van der Waals surface area contributed by atoms with E-state index >= 15 is 0 Å². The highest BCUT2D eigenvalue weighted by molar-refractivity contribution is 9.10. The molecule has 0 spiro atoms. The number of carbonyl (C=O) groups excluding carboxylic acids is 1. The molecule has 0 aromatic heterocycles. The zero-order chi connectivity index (χ0) is 15.2. The summed E-state index contributed by atoms with van der Waals surface area (Å²) in [5.74, 6) is -0.0630. The van der Waals surface area contributed by atoms with Gasteiger partial charge in [-0.15, -0.1) is 0 Å². The number of hydrogen-bond donors (Lipinski definition) is 2. The first kappa shape index (κ1) is 16.3. The zero-order valence-corrected chi connectivity index (χ0v) is 14.2.